The topological polar surface area (TPSA) is 66.8 Å². The standard InChI is InChI=1S/C21H30O4/c1-2-3-4-5-16-6-11-18(12-7-16)21(25-24)19-13-8-17(9-14-19)10-15-20(22)23/h8-10,13-16,18,21,24H,2-7,11-12H2,1H3,(H,22,23). The number of benzene rings is 1. The monoisotopic (exact) mass is 346 g/mol. The minimum Gasteiger partial charge on any atom is -0.478 e. The van der Waals surface area contributed by atoms with Crippen LogP contribution in [0.15, 0.2) is 30.3 Å². The van der Waals surface area contributed by atoms with Gasteiger partial charge in [-0.3, -0.25) is 5.26 Å². The molecule has 0 saturated heterocycles. The van der Waals surface area contributed by atoms with Crippen LogP contribution in [0.25, 0.3) is 6.08 Å². The third-order valence-electron chi connectivity index (χ3n) is 5.33. The van der Waals surface area contributed by atoms with Gasteiger partial charge in [-0.05, 0) is 41.9 Å². The minimum absolute atomic E-state index is 0.297. The maximum atomic E-state index is 10.6. The first kappa shape index (κ1) is 19.7. The van der Waals surface area contributed by atoms with E-state index in [9.17, 15) is 10.1 Å². The average molecular weight is 346 g/mol. The number of carboxylic acids is 1. The molecular formula is C21H30O4. The summed E-state index contributed by atoms with van der Waals surface area (Å²) in [6.07, 6.45) is 12.2. The van der Waals surface area contributed by atoms with E-state index < -0.39 is 5.97 Å². The van der Waals surface area contributed by atoms with E-state index in [4.69, 9.17) is 9.99 Å². The lowest BCUT2D eigenvalue weighted by Crippen LogP contribution is -2.22. The quantitative estimate of drug-likeness (QED) is 0.260. The van der Waals surface area contributed by atoms with Crippen LogP contribution in [-0.4, -0.2) is 16.3 Å². The molecule has 1 aliphatic rings. The third-order valence-corrected chi connectivity index (χ3v) is 5.33. The first-order valence-electron chi connectivity index (χ1n) is 9.45. The molecule has 0 heterocycles. The summed E-state index contributed by atoms with van der Waals surface area (Å²) in [5.41, 5.74) is 1.77. The van der Waals surface area contributed by atoms with Crippen molar-refractivity contribution in [2.45, 2.75) is 64.4 Å². The number of carbonyl (C=O) groups is 1. The van der Waals surface area contributed by atoms with Gasteiger partial charge in [-0.2, -0.15) is 0 Å². The Morgan fingerprint density at radius 3 is 2.44 bits per heavy atom. The van der Waals surface area contributed by atoms with Crippen LogP contribution in [-0.2, 0) is 9.68 Å². The largest absolute Gasteiger partial charge is 0.478 e. The smallest absolute Gasteiger partial charge is 0.328 e. The van der Waals surface area contributed by atoms with Gasteiger partial charge < -0.3 is 5.11 Å². The fraction of sp³-hybridized carbons (Fsp3) is 0.571. The van der Waals surface area contributed by atoms with Gasteiger partial charge in [-0.1, -0.05) is 69.7 Å². The molecule has 0 amide bonds. The maximum Gasteiger partial charge on any atom is 0.328 e. The number of rotatable bonds is 9. The summed E-state index contributed by atoms with van der Waals surface area (Å²) < 4.78 is 0. The second-order valence-corrected chi connectivity index (χ2v) is 7.14. The Bertz CT molecular complexity index is 542. The van der Waals surface area contributed by atoms with Crippen molar-refractivity contribution >= 4 is 12.0 Å². The molecule has 4 heteroatoms. The summed E-state index contributed by atoms with van der Waals surface area (Å²) in [5, 5.41) is 18.1. The van der Waals surface area contributed by atoms with Gasteiger partial charge in [0, 0.05) is 6.08 Å². The molecule has 2 rings (SSSR count). The molecule has 1 fully saturated rings. The van der Waals surface area contributed by atoms with E-state index in [1.54, 1.807) is 6.08 Å². The zero-order chi connectivity index (χ0) is 18.1. The lowest BCUT2D eigenvalue weighted by atomic mass is 9.76. The molecule has 1 aromatic carbocycles. The molecule has 1 saturated carbocycles. The van der Waals surface area contributed by atoms with Crippen molar-refractivity contribution in [2.75, 3.05) is 0 Å². The van der Waals surface area contributed by atoms with Crippen LogP contribution in [0.5, 0.6) is 0 Å². The zero-order valence-electron chi connectivity index (χ0n) is 15.1. The molecule has 0 aliphatic heterocycles. The number of hydrogen-bond donors (Lipinski definition) is 2. The van der Waals surface area contributed by atoms with Crippen molar-refractivity contribution in [1.82, 2.24) is 0 Å². The van der Waals surface area contributed by atoms with Crippen LogP contribution in [0.3, 0.4) is 0 Å². The van der Waals surface area contributed by atoms with Crippen LogP contribution in [0, 0.1) is 11.8 Å². The summed E-state index contributed by atoms with van der Waals surface area (Å²) in [7, 11) is 0. The highest BCUT2D eigenvalue weighted by Gasteiger charge is 2.29. The van der Waals surface area contributed by atoms with Gasteiger partial charge in [-0.25, -0.2) is 9.68 Å². The van der Waals surface area contributed by atoms with Gasteiger partial charge >= 0.3 is 5.97 Å². The molecule has 1 atom stereocenters. The van der Waals surface area contributed by atoms with Crippen LogP contribution in [0.2, 0.25) is 0 Å². The van der Waals surface area contributed by atoms with E-state index in [0.29, 0.717) is 5.92 Å². The summed E-state index contributed by atoms with van der Waals surface area (Å²) in [5.74, 6) is 0.204. The molecule has 4 nitrogen and oxygen atoms in total. The summed E-state index contributed by atoms with van der Waals surface area (Å²) >= 11 is 0. The lowest BCUT2D eigenvalue weighted by molar-refractivity contribution is -0.296. The number of unbranched alkanes of at least 4 members (excludes halogenated alkanes) is 2. The van der Waals surface area contributed by atoms with E-state index in [0.717, 1.165) is 36.0 Å². The molecule has 0 radical (unpaired) electrons. The SMILES string of the molecule is CCCCCC1CCC(C(OO)c2ccc(C=CC(=O)O)cc2)CC1. The van der Waals surface area contributed by atoms with Gasteiger partial charge in [0.1, 0.15) is 6.10 Å². The highest BCUT2D eigenvalue weighted by atomic mass is 17.1. The average Bonchev–Trinajstić information content (AvgIpc) is 2.63. The predicted molar refractivity (Wildman–Crippen MR) is 99.2 cm³/mol. The minimum atomic E-state index is -0.962. The molecule has 0 aromatic heterocycles. The molecule has 2 N–H and O–H groups in total. The molecule has 1 aromatic rings. The van der Waals surface area contributed by atoms with Crippen molar-refractivity contribution < 1.29 is 20.0 Å². The van der Waals surface area contributed by atoms with E-state index in [2.05, 4.69) is 6.92 Å². The van der Waals surface area contributed by atoms with Gasteiger partial charge in [0.15, 0.2) is 0 Å². The Balaban J connectivity index is 1.90. The van der Waals surface area contributed by atoms with Crippen LogP contribution in [0.1, 0.15) is 75.5 Å². The predicted octanol–water partition coefficient (Wildman–Crippen LogP) is 5.70. The fourth-order valence-corrected chi connectivity index (χ4v) is 3.85. The molecule has 1 aliphatic carbocycles. The normalized spacial score (nSPS) is 22.2. The Morgan fingerprint density at radius 1 is 1.20 bits per heavy atom. The van der Waals surface area contributed by atoms with Crippen LogP contribution >= 0.6 is 0 Å². The van der Waals surface area contributed by atoms with Crippen molar-refractivity contribution in [3.63, 3.8) is 0 Å². The number of hydrogen-bond acceptors (Lipinski definition) is 3. The molecule has 0 bridgehead atoms. The van der Waals surface area contributed by atoms with Crippen LogP contribution < -0.4 is 0 Å². The highest BCUT2D eigenvalue weighted by molar-refractivity contribution is 5.85. The maximum absolute atomic E-state index is 10.6. The Labute approximate surface area is 150 Å². The van der Waals surface area contributed by atoms with Gasteiger partial charge in [0.05, 0.1) is 0 Å². The summed E-state index contributed by atoms with van der Waals surface area (Å²) in [4.78, 5) is 15.4. The first-order valence-corrected chi connectivity index (χ1v) is 9.45. The van der Waals surface area contributed by atoms with Gasteiger partial charge in [0.25, 0.3) is 0 Å². The molecular weight excluding hydrogens is 316 g/mol. The van der Waals surface area contributed by atoms with Crippen LogP contribution in [0.4, 0.5) is 0 Å². The Kier molecular flexibility index (Phi) is 8.16. The lowest BCUT2D eigenvalue weighted by Gasteiger charge is -2.32. The van der Waals surface area contributed by atoms with Crippen molar-refractivity contribution in [3.05, 3.63) is 41.5 Å². The van der Waals surface area contributed by atoms with E-state index >= 15 is 0 Å². The second kappa shape index (κ2) is 10.4. The second-order valence-electron chi connectivity index (χ2n) is 7.14. The Hall–Kier alpha value is -1.65. The number of aliphatic carboxylic acids is 1. The van der Waals surface area contributed by atoms with Gasteiger partial charge in [-0.15, -0.1) is 0 Å². The van der Waals surface area contributed by atoms with Crippen molar-refractivity contribution in [2.24, 2.45) is 11.8 Å². The summed E-state index contributed by atoms with van der Waals surface area (Å²) in [6, 6.07) is 7.54. The van der Waals surface area contributed by atoms with E-state index in [-0.39, 0.29) is 6.10 Å². The van der Waals surface area contributed by atoms with Crippen molar-refractivity contribution in [3.8, 4) is 0 Å². The van der Waals surface area contributed by atoms with E-state index in [1.807, 2.05) is 24.3 Å². The number of carboxylic acid groups (broad SMARTS) is 1. The molecule has 25 heavy (non-hydrogen) atoms. The molecule has 1 unspecified atom stereocenters. The highest BCUT2D eigenvalue weighted by Crippen LogP contribution is 2.40. The molecule has 0 spiro atoms. The van der Waals surface area contributed by atoms with Crippen molar-refractivity contribution in [1.29, 1.82) is 0 Å². The molecule has 138 valence electrons. The zero-order valence-corrected chi connectivity index (χ0v) is 15.1. The Morgan fingerprint density at radius 2 is 1.88 bits per heavy atom. The van der Waals surface area contributed by atoms with Gasteiger partial charge in [0.2, 0.25) is 0 Å². The fourth-order valence-electron chi connectivity index (χ4n) is 3.85. The third kappa shape index (κ3) is 6.29. The first-order chi connectivity index (χ1) is 12.1. The summed E-state index contributed by atoms with van der Waals surface area (Å²) in [6.45, 7) is 2.24. The van der Waals surface area contributed by atoms with E-state index in [1.165, 1.54) is 38.5 Å².